The van der Waals surface area contributed by atoms with Gasteiger partial charge in [-0.1, -0.05) is 18.2 Å². The van der Waals surface area contributed by atoms with Gasteiger partial charge in [-0.15, -0.1) is 5.48 Å². The number of nitriles is 1. The van der Waals surface area contributed by atoms with Gasteiger partial charge in [0.2, 0.25) is 21.8 Å². The van der Waals surface area contributed by atoms with Crippen LogP contribution in [0.4, 0.5) is 0 Å². The zero-order valence-electron chi connectivity index (χ0n) is 20.7. The van der Waals surface area contributed by atoms with Gasteiger partial charge in [-0.3, -0.25) is 4.79 Å². The smallest absolute Gasteiger partial charge is 0.242 e. The summed E-state index contributed by atoms with van der Waals surface area (Å²) in [6.45, 7) is 5.04. The van der Waals surface area contributed by atoms with E-state index in [0.29, 0.717) is 48.7 Å². The Kier molecular flexibility index (Phi) is 6.90. The first-order chi connectivity index (χ1) is 17.7. The Balaban J connectivity index is 1.33. The van der Waals surface area contributed by atoms with E-state index in [1.165, 1.54) is 0 Å². The lowest BCUT2D eigenvalue weighted by atomic mass is 10.0. The highest BCUT2D eigenvalue weighted by Crippen LogP contribution is 2.37. The second-order valence-corrected chi connectivity index (χ2v) is 11.4. The molecule has 10 nitrogen and oxygen atoms in total. The molecule has 37 heavy (non-hydrogen) atoms. The van der Waals surface area contributed by atoms with E-state index >= 15 is 0 Å². The Bertz CT molecular complexity index is 1390. The molecular weight excluding hydrogens is 494 g/mol. The minimum absolute atomic E-state index is 0.0569. The van der Waals surface area contributed by atoms with Gasteiger partial charge in [0.15, 0.2) is 6.17 Å². The summed E-state index contributed by atoms with van der Waals surface area (Å²) >= 11 is 0. The van der Waals surface area contributed by atoms with E-state index in [1.807, 2.05) is 32.0 Å². The molecule has 0 aromatic heterocycles. The second-order valence-electron chi connectivity index (χ2n) is 9.66. The number of nitrogens with one attached hydrogen (secondary N) is 2. The first kappa shape index (κ1) is 25.2. The van der Waals surface area contributed by atoms with Crippen LogP contribution in [0.3, 0.4) is 0 Å². The van der Waals surface area contributed by atoms with E-state index in [0.717, 1.165) is 23.1 Å². The van der Waals surface area contributed by atoms with Crippen molar-refractivity contribution >= 4 is 21.8 Å². The number of fused-ring (bicyclic) bond motifs is 1. The highest BCUT2D eigenvalue weighted by Gasteiger charge is 2.33. The summed E-state index contributed by atoms with van der Waals surface area (Å²) < 4.78 is 33.8. The lowest BCUT2D eigenvalue weighted by molar-refractivity contribution is -0.131. The molecule has 2 aliphatic heterocycles. The van der Waals surface area contributed by atoms with Crippen molar-refractivity contribution < 1.29 is 22.8 Å². The van der Waals surface area contributed by atoms with Crippen LogP contribution in [0.15, 0.2) is 41.4 Å². The van der Waals surface area contributed by atoms with Gasteiger partial charge in [0.1, 0.15) is 17.6 Å². The highest BCUT2D eigenvalue weighted by molar-refractivity contribution is 7.90. The molecule has 2 heterocycles. The summed E-state index contributed by atoms with van der Waals surface area (Å²) in [5, 5.41) is 9.53. The SMILES string of the molecule is CC(C)Oc1ccc(C2=NC(c3cccc4c3CC[C@@H]4NS(=O)(=O)CC(=O)N3CCC3)NO2)cc1C#N. The van der Waals surface area contributed by atoms with Crippen molar-refractivity contribution in [3.63, 3.8) is 0 Å². The van der Waals surface area contributed by atoms with Gasteiger partial charge in [0.25, 0.3) is 0 Å². The third-order valence-electron chi connectivity index (χ3n) is 6.67. The molecule has 2 aromatic carbocycles. The van der Waals surface area contributed by atoms with Crippen LogP contribution in [-0.2, 0) is 26.1 Å². The van der Waals surface area contributed by atoms with Crippen LogP contribution in [0.2, 0.25) is 0 Å². The molecular formula is C26H29N5O5S. The van der Waals surface area contributed by atoms with Gasteiger partial charge < -0.3 is 14.5 Å². The minimum Gasteiger partial charge on any atom is -0.490 e. The number of benzene rings is 2. The molecule has 1 amide bonds. The average molecular weight is 524 g/mol. The largest absolute Gasteiger partial charge is 0.490 e. The number of likely N-dealkylation sites (tertiary alicyclic amines) is 1. The molecule has 0 radical (unpaired) electrons. The summed E-state index contributed by atoms with van der Waals surface area (Å²) in [6, 6.07) is 12.7. The fraction of sp³-hybridized carbons (Fsp3) is 0.423. The molecule has 5 rings (SSSR count). The third kappa shape index (κ3) is 5.32. The first-order valence-electron chi connectivity index (χ1n) is 12.3. The average Bonchev–Trinajstić information content (AvgIpc) is 3.45. The Morgan fingerprint density at radius 1 is 1.30 bits per heavy atom. The topological polar surface area (TPSA) is 133 Å². The van der Waals surface area contributed by atoms with Crippen LogP contribution < -0.4 is 14.9 Å². The number of hydroxylamine groups is 1. The van der Waals surface area contributed by atoms with E-state index < -0.39 is 28.0 Å². The Labute approximate surface area is 216 Å². The van der Waals surface area contributed by atoms with Gasteiger partial charge in [-0.25, -0.2) is 18.1 Å². The van der Waals surface area contributed by atoms with Gasteiger partial charge in [-0.2, -0.15) is 5.26 Å². The normalized spacial score (nSPS) is 20.6. The summed E-state index contributed by atoms with van der Waals surface area (Å²) in [7, 11) is -3.77. The standard InChI is InChI=1S/C26H29N5O5S/c1-16(2)35-23-10-7-17(13-18(23)14-27)26-28-25(29-36-26)21-6-3-5-20-19(21)8-9-22(20)30-37(33,34)15-24(32)31-11-4-12-31/h3,5-7,10,13,16,22,25,29-30H,4,8-9,11-12,15H2,1-2H3/t22-,25?/m0/s1. The van der Waals surface area contributed by atoms with Crippen molar-refractivity contribution in [2.24, 2.45) is 4.99 Å². The zero-order chi connectivity index (χ0) is 26.2. The van der Waals surface area contributed by atoms with Crippen LogP contribution >= 0.6 is 0 Å². The van der Waals surface area contributed by atoms with E-state index in [1.54, 1.807) is 23.1 Å². The van der Waals surface area contributed by atoms with Crippen LogP contribution in [-0.4, -0.2) is 50.1 Å². The predicted octanol–water partition coefficient (Wildman–Crippen LogP) is 2.46. The zero-order valence-corrected chi connectivity index (χ0v) is 21.5. The summed E-state index contributed by atoms with van der Waals surface area (Å²) in [4.78, 5) is 24.1. The van der Waals surface area contributed by atoms with Crippen molar-refractivity contribution in [1.29, 1.82) is 5.26 Å². The van der Waals surface area contributed by atoms with Crippen LogP contribution in [0.5, 0.6) is 5.75 Å². The number of carbonyl (C=O) groups excluding carboxylic acids is 1. The molecule has 2 N–H and O–H groups in total. The lowest BCUT2D eigenvalue weighted by Crippen LogP contribution is -2.46. The van der Waals surface area contributed by atoms with Crippen molar-refractivity contribution in [2.45, 2.75) is 51.4 Å². The maximum absolute atomic E-state index is 12.7. The number of hydrogen-bond donors (Lipinski definition) is 2. The maximum Gasteiger partial charge on any atom is 0.242 e. The number of hydrogen-bond acceptors (Lipinski definition) is 8. The molecule has 0 saturated carbocycles. The molecule has 2 aromatic rings. The Morgan fingerprint density at radius 2 is 2.08 bits per heavy atom. The molecule has 0 spiro atoms. The molecule has 3 aliphatic rings. The van der Waals surface area contributed by atoms with Crippen LogP contribution in [0, 0.1) is 11.3 Å². The van der Waals surface area contributed by atoms with Gasteiger partial charge >= 0.3 is 0 Å². The lowest BCUT2D eigenvalue weighted by Gasteiger charge is -2.30. The Morgan fingerprint density at radius 3 is 2.78 bits per heavy atom. The summed E-state index contributed by atoms with van der Waals surface area (Å²) in [5.41, 5.74) is 6.76. The quantitative estimate of drug-likeness (QED) is 0.543. The Hall–Kier alpha value is -3.46. The summed E-state index contributed by atoms with van der Waals surface area (Å²) in [5.74, 6) is -0.0286. The molecule has 11 heteroatoms. The second kappa shape index (κ2) is 10.1. The van der Waals surface area contributed by atoms with E-state index in [9.17, 15) is 18.5 Å². The van der Waals surface area contributed by atoms with E-state index in [2.05, 4.69) is 16.3 Å². The van der Waals surface area contributed by atoms with Gasteiger partial charge in [-0.05, 0) is 68.0 Å². The van der Waals surface area contributed by atoms with Crippen molar-refractivity contribution in [3.05, 3.63) is 64.2 Å². The van der Waals surface area contributed by atoms with E-state index in [4.69, 9.17) is 14.6 Å². The number of amides is 1. The molecule has 1 fully saturated rings. The van der Waals surface area contributed by atoms with Crippen molar-refractivity contribution in [2.75, 3.05) is 18.8 Å². The molecule has 1 aliphatic carbocycles. The maximum atomic E-state index is 12.7. The van der Waals surface area contributed by atoms with Crippen molar-refractivity contribution in [1.82, 2.24) is 15.1 Å². The number of sulfonamides is 1. The first-order valence-corrected chi connectivity index (χ1v) is 14.0. The van der Waals surface area contributed by atoms with Gasteiger partial charge in [0.05, 0.1) is 11.7 Å². The number of nitrogens with zero attached hydrogens (tertiary/aromatic N) is 3. The molecule has 2 atom stereocenters. The number of carbonyl (C=O) groups is 1. The molecule has 1 unspecified atom stereocenters. The monoisotopic (exact) mass is 523 g/mol. The highest BCUT2D eigenvalue weighted by atomic mass is 32.2. The van der Waals surface area contributed by atoms with Crippen LogP contribution in [0.25, 0.3) is 0 Å². The fourth-order valence-electron chi connectivity index (χ4n) is 4.79. The van der Waals surface area contributed by atoms with Gasteiger partial charge in [0, 0.05) is 24.7 Å². The summed E-state index contributed by atoms with van der Waals surface area (Å²) in [6.07, 6.45) is 1.64. The third-order valence-corrected chi connectivity index (χ3v) is 7.94. The molecule has 0 bridgehead atoms. The minimum atomic E-state index is -3.77. The van der Waals surface area contributed by atoms with Crippen molar-refractivity contribution in [3.8, 4) is 11.8 Å². The number of rotatable bonds is 8. The van der Waals surface area contributed by atoms with E-state index in [-0.39, 0.29) is 12.0 Å². The fourth-order valence-corrected chi connectivity index (χ4v) is 6.06. The number of ether oxygens (including phenoxy) is 1. The van der Waals surface area contributed by atoms with Crippen LogP contribution in [0.1, 0.15) is 66.7 Å². The molecule has 1 saturated heterocycles. The predicted molar refractivity (Wildman–Crippen MR) is 136 cm³/mol. The number of aliphatic imine (C=N–C) groups is 1. The molecule has 194 valence electrons.